The Labute approximate surface area is 175 Å². The normalized spacial score (nSPS) is 16.0. The van der Waals surface area contributed by atoms with E-state index in [2.05, 4.69) is 49.8 Å². The smallest absolute Gasteiger partial charge is 0.229 e. The van der Waals surface area contributed by atoms with E-state index < -0.39 is 0 Å². The lowest BCUT2D eigenvalue weighted by atomic mass is 10.0. The highest BCUT2D eigenvalue weighted by atomic mass is 79.9. The summed E-state index contributed by atoms with van der Waals surface area (Å²) in [7, 11) is 4.99. The number of nitrogens with zero attached hydrogens (tertiary/aromatic N) is 3. The molecule has 0 bridgehead atoms. The van der Waals surface area contributed by atoms with Crippen LogP contribution in [0, 0.1) is 0 Å². The Morgan fingerprint density at radius 2 is 1.68 bits per heavy atom. The van der Waals surface area contributed by atoms with Crippen LogP contribution in [0.3, 0.4) is 0 Å². The molecule has 0 aliphatic carbocycles. The lowest BCUT2D eigenvalue weighted by Crippen LogP contribution is -2.47. The molecule has 0 amide bonds. The number of anilines is 1. The van der Waals surface area contributed by atoms with E-state index in [0.29, 0.717) is 11.9 Å². The molecule has 0 saturated carbocycles. The van der Waals surface area contributed by atoms with E-state index in [0.717, 1.165) is 54.4 Å². The van der Waals surface area contributed by atoms with Crippen molar-refractivity contribution >= 4 is 21.7 Å². The van der Waals surface area contributed by atoms with Crippen molar-refractivity contribution in [3.8, 4) is 17.4 Å². The predicted octanol–water partition coefficient (Wildman–Crippen LogP) is 4.14. The average Bonchev–Trinajstić information content (AvgIpc) is 2.75. The first-order chi connectivity index (χ1) is 13.6. The van der Waals surface area contributed by atoms with E-state index in [1.54, 1.807) is 21.3 Å². The lowest BCUT2D eigenvalue weighted by Gasteiger charge is -2.40. The van der Waals surface area contributed by atoms with Gasteiger partial charge in [0.1, 0.15) is 5.82 Å². The lowest BCUT2D eigenvalue weighted by molar-refractivity contribution is 0.180. The Bertz CT molecular complexity index is 794. The van der Waals surface area contributed by atoms with Crippen LogP contribution in [0.5, 0.6) is 17.4 Å². The average molecular weight is 450 g/mol. The Hall–Kier alpha value is -1.99. The van der Waals surface area contributed by atoms with Gasteiger partial charge in [-0.25, -0.2) is 0 Å². The van der Waals surface area contributed by atoms with Gasteiger partial charge in [-0.3, -0.25) is 4.90 Å². The van der Waals surface area contributed by atoms with Gasteiger partial charge in [-0.15, -0.1) is 0 Å². The maximum Gasteiger partial charge on any atom is 0.229 e. The van der Waals surface area contributed by atoms with Crippen LogP contribution in [0.4, 0.5) is 5.82 Å². The predicted molar refractivity (Wildman–Crippen MR) is 115 cm³/mol. The van der Waals surface area contributed by atoms with E-state index in [-0.39, 0.29) is 0 Å². The van der Waals surface area contributed by atoms with Gasteiger partial charge in [-0.1, -0.05) is 13.0 Å². The summed E-state index contributed by atoms with van der Waals surface area (Å²) >= 11 is 3.47. The summed E-state index contributed by atoms with van der Waals surface area (Å²) in [6.07, 6.45) is 1.04. The molecule has 1 aromatic heterocycles. The number of aromatic nitrogens is 1. The van der Waals surface area contributed by atoms with Crippen LogP contribution in [-0.2, 0) is 0 Å². The van der Waals surface area contributed by atoms with Crippen molar-refractivity contribution in [2.75, 3.05) is 52.4 Å². The Morgan fingerprint density at radius 3 is 2.29 bits per heavy atom. The highest BCUT2D eigenvalue weighted by Gasteiger charge is 2.25. The zero-order valence-electron chi connectivity index (χ0n) is 16.9. The third kappa shape index (κ3) is 4.36. The van der Waals surface area contributed by atoms with Gasteiger partial charge in [0.2, 0.25) is 5.88 Å². The van der Waals surface area contributed by atoms with Gasteiger partial charge in [-0.05, 0) is 52.2 Å². The van der Waals surface area contributed by atoms with Gasteiger partial charge in [0.25, 0.3) is 0 Å². The summed E-state index contributed by atoms with van der Waals surface area (Å²) in [5, 5.41) is 0. The van der Waals surface area contributed by atoms with E-state index in [1.165, 1.54) is 5.56 Å². The van der Waals surface area contributed by atoms with Crippen molar-refractivity contribution in [1.29, 1.82) is 0 Å². The standard InChI is InChI=1S/C21H28BrN3O3/c1-5-17(15-6-8-18(26-2)19(14-15)27-3)24-10-12-25(13-11-24)20-9-7-16(22)21(23-20)28-4/h6-9,14,17H,5,10-13H2,1-4H3. The Kier molecular flexibility index (Phi) is 7.02. The molecule has 7 heteroatoms. The SMILES string of the molecule is CCC(c1ccc(OC)c(OC)c1)N1CCN(c2ccc(Br)c(OC)n2)CC1. The van der Waals surface area contributed by atoms with Crippen LogP contribution in [-0.4, -0.2) is 57.4 Å². The molecule has 1 saturated heterocycles. The first-order valence-electron chi connectivity index (χ1n) is 9.52. The topological polar surface area (TPSA) is 47.1 Å². The van der Waals surface area contributed by atoms with Gasteiger partial charge in [0.05, 0.1) is 25.8 Å². The van der Waals surface area contributed by atoms with Gasteiger partial charge >= 0.3 is 0 Å². The van der Waals surface area contributed by atoms with E-state index in [1.807, 2.05) is 18.2 Å². The number of ether oxygens (including phenoxy) is 3. The fourth-order valence-electron chi connectivity index (χ4n) is 3.76. The molecule has 1 aromatic carbocycles. The molecular weight excluding hydrogens is 422 g/mol. The molecule has 0 spiro atoms. The maximum absolute atomic E-state index is 5.49. The minimum absolute atomic E-state index is 0.356. The molecule has 1 unspecified atom stereocenters. The van der Waals surface area contributed by atoms with Crippen molar-refractivity contribution < 1.29 is 14.2 Å². The highest BCUT2D eigenvalue weighted by molar-refractivity contribution is 9.10. The first-order valence-corrected chi connectivity index (χ1v) is 10.3. The van der Waals surface area contributed by atoms with Crippen molar-refractivity contribution in [2.24, 2.45) is 0 Å². The number of piperazine rings is 1. The molecule has 1 atom stereocenters. The fourth-order valence-corrected chi connectivity index (χ4v) is 4.14. The molecule has 28 heavy (non-hydrogen) atoms. The highest BCUT2D eigenvalue weighted by Crippen LogP contribution is 2.34. The third-order valence-corrected chi connectivity index (χ3v) is 5.85. The summed E-state index contributed by atoms with van der Waals surface area (Å²) in [6.45, 7) is 6.05. The zero-order chi connectivity index (χ0) is 20.1. The van der Waals surface area contributed by atoms with Crippen LogP contribution >= 0.6 is 15.9 Å². The second-order valence-corrected chi connectivity index (χ2v) is 7.58. The molecule has 1 aliphatic heterocycles. The summed E-state index contributed by atoms with van der Waals surface area (Å²) in [5.74, 6) is 3.12. The quantitative estimate of drug-likeness (QED) is 0.632. The molecule has 2 aromatic rings. The van der Waals surface area contributed by atoms with Crippen LogP contribution in [0.2, 0.25) is 0 Å². The van der Waals surface area contributed by atoms with Crippen LogP contribution in [0.1, 0.15) is 24.9 Å². The first kappa shape index (κ1) is 20.7. The number of benzene rings is 1. The van der Waals surface area contributed by atoms with E-state index >= 15 is 0 Å². The van der Waals surface area contributed by atoms with Crippen molar-refractivity contribution in [1.82, 2.24) is 9.88 Å². The van der Waals surface area contributed by atoms with Crippen molar-refractivity contribution in [3.05, 3.63) is 40.4 Å². The maximum atomic E-state index is 5.49. The summed E-state index contributed by atoms with van der Waals surface area (Å²) in [6, 6.07) is 10.6. The number of pyridine rings is 1. The number of hydrogen-bond donors (Lipinski definition) is 0. The molecule has 1 aliphatic rings. The van der Waals surface area contributed by atoms with Crippen LogP contribution in [0.25, 0.3) is 0 Å². The van der Waals surface area contributed by atoms with Gasteiger partial charge < -0.3 is 19.1 Å². The number of rotatable bonds is 7. The van der Waals surface area contributed by atoms with Crippen LogP contribution < -0.4 is 19.1 Å². The second-order valence-electron chi connectivity index (χ2n) is 6.72. The Morgan fingerprint density at radius 1 is 0.964 bits per heavy atom. The summed E-state index contributed by atoms with van der Waals surface area (Å²) in [5.41, 5.74) is 1.26. The minimum Gasteiger partial charge on any atom is -0.493 e. The number of halogens is 1. The molecular formula is C21H28BrN3O3. The van der Waals surface area contributed by atoms with E-state index in [4.69, 9.17) is 14.2 Å². The fraction of sp³-hybridized carbons (Fsp3) is 0.476. The molecule has 0 radical (unpaired) electrons. The largest absolute Gasteiger partial charge is 0.493 e. The van der Waals surface area contributed by atoms with Crippen molar-refractivity contribution in [2.45, 2.75) is 19.4 Å². The Balaban J connectivity index is 1.71. The van der Waals surface area contributed by atoms with Crippen LogP contribution in [0.15, 0.2) is 34.8 Å². The summed E-state index contributed by atoms with van der Waals surface area (Å²) in [4.78, 5) is 9.46. The monoisotopic (exact) mass is 449 g/mol. The molecule has 3 rings (SSSR count). The van der Waals surface area contributed by atoms with E-state index in [9.17, 15) is 0 Å². The van der Waals surface area contributed by atoms with Gasteiger partial charge in [-0.2, -0.15) is 4.98 Å². The third-order valence-electron chi connectivity index (χ3n) is 5.25. The number of methoxy groups -OCH3 is 3. The molecule has 0 N–H and O–H groups in total. The number of hydrogen-bond acceptors (Lipinski definition) is 6. The van der Waals surface area contributed by atoms with Gasteiger partial charge in [0.15, 0.2) is 11.5 Å². The second kappa shape index (κ2) is 9.47. The minimum atomic E-state index is 0.356. The van der Waals surface area contributed by atoms with Crippen molar-refractivity contribution in [3.63, 3.8) is 0 Å². The molecule has 6 nitrogen and oxygen atoms in total. The summed E-state index contributed by atoms with van der Waals surface area (Å²) < 4.78 is 17.1. The van der Waals surface area contributed by atoms with Gasteiger partial charge in [0, 0.05) is 32.2 Å². The molecule has 152 valence electrons. The zero-order valence-corrected chi connectivity index (χ0v) is 18.5. The molecule has 1 fully saturated rings. The molecule has 2 heterocycles.